The van der Waals surface area contributed by atoms with Gasteiger partial charge in [0.2, 0.25) is 0 Å². The van der Waals surface area contributed by atoms with Crippen LogP contribution in [0.25, 0.3) is 0 Å². The number of nitrogens with one attached hydrogen (secondary N) is 1. The number of rotatable bonds is 8. The maximum absolute atomic E-state index is 11.9. The average molecular weight is 329 g/mol. The maximum Gasteiger partial charge on any atom is 0.407 e. The van der Waals surface area contributed by atoms with Gasteiger partial charge >= 0.3 is 12.1 Å². The lowest BCUT2D eigenvalue weighted by atomic mass is 9.97. The molecule has 0 aromatic carbocycles. The van der Waals surface area contributed by atoms with Crippen LogP contribution in [0.2, 0.25) is 0 Å². The van der Waals surface area contributed by atoms with Gasteiger partial charge in [0.1, 0.15) is 17.8 Å². The molecule has 0 aliphatic carbocycles. The summed E-state index contributed by atoms with van der Waals surface area (Å²) in [6.07, 6.45) is 0.391. The molecule has 2 N–H and O–H groups in total. The molecule has 132 valence electrons. The Labute approximate surface area is 137 Å². The second-order valence-corrected chi connectivity index (χ2v) is 6.09. The number of alkyl carbamates (subject to hydrolysis) is 1. The quantitative estimate of drug-likeness (QED) is 0.398. The van der Waals surface area contributed by atoms with E-state index in [0.717, 1.165) is 0 Å². The highest BCUT2D eigenvalue weighted by Crippen LogP contribution is 2.14. The monoisotopic (exact) mass is 329 g/mol. The van der Waals surface area contributed by atoms with Gasteiger partial charge in [0.05, 0.1) is 12.7 Å². The number of hydrogen-bond donors (Lipinski definition) is 2. The fourth-order valence-electron chi connectivity index (χ4n) is 1.71. The number of ether oxygens (including phenoxy) is 2. The Hall–Kier alpha value is -1.89. The molecule has 0 aliphatic rings. The van der Waals surface area contributed by atoms with Crippen molar-refractivity contribution in [2.45, 2.75) is 52.7 Å². The average Bonchev–Trinajstić information content (AvgIpc) is 2.42. The number of carbonyl (C=O) groups excluding carboxylic acids is 3. The van der Waals surface area contributed by atoms with E-state index < -0.39 is 29.7 Å². The zero-order valence-electron chi connectivity index (χ0n) is 14.4. The summed E-state index contributed by atoms with van der Waals surface area (Å²) in [5, 5.41) is 12.6. The number of hydrogen-bond acceptors (Lipinski definition) is 6. The Morgan fingerprint density at radius 3 is 2.39 bits per heavy atom. The number of allylic oxidation sites excluding steroid dienone is 1. The molecule has 0 fully saturated rings. The number of amides is 1. The third-order valence-corrected chi connectivity index (χ3v) is 2.71. The van der Waals surface area contributed by atoms with E-state index in [4.69, 9.17) is 9.47 Å². The van der Waals surface area contributed by atoms with Gasteiger partial charge in [-0.25, -0.2) is 4.79 Å². The lowest BCUT2D eigenvalue weighted by Gasteiger charge is -2.21. The van der Waals surface area contributed by atoms with Crippen molar-refractivity contribution in [3.8, 4) is 0 Å². The van der Waals surface area contributed by atoms with Gasteiger partial charge in [-0.15, -0.1) is 0 Å². The molecule has 23 heavy (non-hydrogen) atoms. The van der Waals surface area contributed by atoms with E-state index >= 15 is 0 Å². The van der Waals surface area contributed by atoms with Gasteiger partial charge < -0.3 is 19.9 Å². The van der Waals surface area contributed by atoms with Crippen molar-refractivity contribution in [3.63, 3.8) is 0 Å². The van der Waals surface area contributed by atoms with E-state index in [9.17, 15) is 19.5 Å². The van der Waals surface area contributed by atoms with Crippen LogP contribution in [-0.4, -0.2) is 48.3 Å². The summed E-state index contributed by atoms with van der Waals surface area (Å²) in [4.78, 5) is 34.1. The van der Waals surface area contributed by atoms with Gasteiger partial charge in [-0.1, -0.05) is 6.08 Å². The molecule has 2 unspecified atom stereocenters. The van der Waals surface area contributed by atoms with Crippen LogP contribution in [0.1, 0.15) is 41.0 Å². The Morgan fingerprint density at radius 2 is 1.91 bits per heavy atom. The van der Waals surface area contributed by atoms with Crippen LogP contribution in [0.4, 0.5) is 4.79 Å². The fraction of sp³-hybridized carbons (Fsp3) is 0.688. The summed E-state index contributed by atoms with van der Waals surface area (Å²) in [5.41, 5.74) is -0.290. The lowest BCUT2D eigenvalue weighted by molar-refractivity contribution is -0.149. The van der Waals surface area contributed by atoms with Gasteiger partial charge in [-0.05, 0) is 46.6 Å². The number of esters is 1. The van der Waals surface area contributed by atoms with Crippen LogP contribution in [0, 0.1) is 5.92 Å². The molecule has 0 aliphatic heterocycles. The van der Waals surface area contributed by atoms with E-state index in [1.165, 1.54) is 13.0 Å². The van der Waals surface area contributed by atoms with E-state index in [2.05, 4.69) is 5.32 Å². The molecular weight excluding hydrogens is 302 g/mol. The number of aldehydes is 1. The van der Waals surface area contributed by atoms with Gasteiger partial charge in [0, 0.05) is 6.54 Å². The second kappa shape index (κ2) is 9.99. The highest BCUT2D eigenvalue weighted by atomic mass is 16.6. The number of aliphatic hydroxyl groups is 1. The smallest absolute Gasteiger partial charge is 0.407 e. The number of aliphatic hydroxyl groups excluding tert-OH is 1. The first-order chi connectivity index (χ1) is 10.6. The minimum absolute atomic E-state index is 0.116. The zero-order valence-corrected chi connectivity index (χ0v) is 14.4. The molecule has 2 atom stereocenters. The van der Waals surface area contributed by atoms with Crippen molar-refractivity contribution in [2.75, 3.05) is 13.2 Å². The van der Waals surface area contributed by atoms with Gasteiger partial charge in [0.15, 0.2) is 0 Å². The molecule has 0 spiro atoms. The molecule has 1 amide bonds. The Kier molecular flexibility index (Phi) is 9.17. The van der Waals surface area contributed by atoms with Gasteiger partial charge in [-0.3, -0.25) is 9.59 Å². The van der Waals surface area contributed by atoms with Crippen molar-refractivity contribution in [1.82, 2.24) is 5.32 Å². The summed E-state index contributed by atoms with van der Waals surface area (Å²) in [6, 6.07) is 0. The normalized spacial score (nSPS) is 14.6. The largest absolute Gasteiger partial charge is 0.465 e. The van der Waals surface area contributed by atoms with E-state index in [0.29, 0.717) is 11.9 Å². The molecule has 0 aromatic rings. The van der Waals surface area contributed by atoms with Crippen LogP contribution in [-0.2, 0) is 19.1 Å². The molecular formula is C16H27NO6. The van der Waals surface area contributed by atoms with Crippen LogP contribution >= 0.6 is 0 Å². The molecule has 0 rings (SSSR count). The predicted octanol–water partition coefficient (Wildman–Crippen LogP) is 1.59. The molecule has 0 heterocycles. The van der Waals surface area contributed by atoms with Crippen molar-refractivity contribution in [2.24, 2.45) is 5.92 Å². The predicted molar refractivity (Wildman–Crippen MR) is 84.8 cm³/mol. The van der Waals surface area contributed by atoms with E-state index in [1.807, 2.05) is 0 Å². The first-order valence-corrected chi connectivity index (χ1v) is 7.55. The molecule has 7 heteroatoms. The minimum Gasteiger partial charge on any atom is -0.465 e. The first-order valence-electron chi connectivity index (χ1n) is 7.55. The topological polar surface area (TPSA) is 102 Å². The van der Waals surface area contributed by atoms with Crippen molar-refractivity contribution < 1.29 is 29.0 Å². The van der Waals surface area contributed by atoms with Crippen LogP contribution in [0.5, 0.6) is 0 Å². The maximum atomic E-state index is 11.9. The summed E-state index contributed by atoms with van der Waals surface area (Å²) in [5.74, 6) is -1.57. The van der Waals surface area contributed by atoms with E-state index in [1.54, 1.807) is 27.7 Å². The van der Waals surface area contributed by atoms with Crippen molar-refractivity contribution in [3.05, 3.63) is 11.6 Å². The Morgan fingerprint density at radius 1 is 1.30 bits per heavy atom. The summed E-state index contributed by atoms with van der Waals surface area (Å²) < 4.78 is 9.96. The minimum atomic E-state index is -1.08. The standard InChI is InChI=1S/C16H27NO6/c1-6-22-14(20)12(9-11(2)10-18)13(19)7-8-17-15(21)23-16(3,4)5/h9-10,12-13,19H,6-8H2,1-5H3,(H,17,21)/b11-9+. The van der Waals surface area contributed by atoms with Crippen LogP contribution in [0.15, 0.2) is 11.6 Å². The first kappa shape index (κ1) is 21.1. The summed E-state index contributed by atoms with van der Waals surface area (Å²) in [7, 11) is 0. The van der Waals surface area contributed by atoms with Gasteiger partial charge in [0.25, 0.3) is 0 Å². The summed E-state index contributed by atoms with van der Waals surface area (Å²) >= 11 is 0. The fourth-order valence-corrected chi connectivity index (χ4v) is 1.71. The molecule has 0 saturated carbocycles. The van der Waals surface area contributed by atoms with Crippen molar-refractivity contribution in [1.29, 1.82) is 0 Å². The Bertz CT molecular complexity index is 438. The van der Waals surface area contributed by atoms with Crippen LogP contribution < -0.4 is 5.32 Å². The van der Waals surface area contributed by atoms with Gasteiger partial charge in [-0.2, -0.15) is 0 Å². The second-order valence-electron chi connectivity index (χ2n) is 6.09. The third-order valence-electron chi connectivity index (χ3n) is 2.71. The van der Waals surface area contributed by atoms with Crippen LogP contribution in [0.3, 0.4) is 0 Å². The Balaban J connectivity index is 4.61. The third kappa shape index (κ3) is 9.67. The highest BCUT2D eigenvalue weighted by molar-refractivity contribution is 5.79. The zero-order chi connectivity index (χ0) is 18.0. The molecule has 0 aromatic heterocycles. The molecule has 0 bridgehead atoms. The molecule has 0 saturated heterocycles. The summed E-state index contributed by atoms with van der Waals surface area (Å²) in [6.45, 7) is 8.71. The van der Waals surface area contributed by atoms with Crippen molar-refractivity contribution >= 4 is 18.3 Å². The number of carbonyl (C=O) groups is 3. The lowest BCUT2D eigenvalue weighted by Crippen LogP contribution is -2.36. The SMILES string of the molecule is CCOC(=O)C(/C=C(\C)C=O)C(O)CCNC(=O)OC(C)(C)C. The highest BCUT2D eigenvalue weighted by Gasteiger charge is 2.26. The molecule has 7 nitrogen and oxygen atoms in total. The van der Waals surface area contributed by atoms with E-state index in [-0.39, 0.29) is 19.6 Å². The molecule has 0 radical (unpaired) electrons.